The Labute approximate surface area is 231 Å². The second-order valence-electron chi connectivity index (χ2n) is 11.5. The summed E-state index contributed by atoms with van der Waals surface area (Å²) in [4.78, 5) is 42.5. The molecule has 2 heterocycles. The van der Waals surface area contributed by atoms with E-state index in [1.165, 1.54) is 18.4 Å². The van der Waals surface area contributed by atoms with Crippen LogP contribution in [-0.2, 0) is 19.4 Å². The minimum atomic E-state index is -3.13. The average Bonchev–Trinajstić information content (AvgIpc) is 3.33. The zero-order valence-electron chi connectivity index (χ0n) is 22.8. The number of aromatic carboxylic acids is 1. The maximum absolute atomic E-state index is 13.8. The summed E-state index contributed by atoms with van der Waals surface area (Å²) in [5.41, 5.74) is 6.45. The third kappa shape index (κ3) is 7.37. The molecule has 39 heavy (non-hydrogen) atoms. The molecular formula is C28H42N4O6S. The lowest BCUT2D eigenvalue weighted by molar-refractivity contribution is -0.141. The lowest BCUT2D eigenvalue weighted by Gasteiger charge is -2.33. The van der Waals surface area contributed by atoms with Gasteiger partial charge in [-0.05, 0) is 101 Å². The Morgan fingerprint density at radius 2 is 1.69 bits per heavy atom. The van der Waals surface area contributed by atoms with Crippen molar-refractivity contribution in [1.82, 2.24) is 9.80 Å². The Hall–Kier alpha value is -2.50. The number of anilines is 1. The SMILES string of the molecule is CS(=O)(=O)[C@H]1CCCCN(C2C[C@@H](C(=O)Nc3ccc(C(=O)O)cc3)N(C(=O)C3CCC(CN)CC3)C2)CC1. The summed E-state index contributed by atoms with van der Waals surface area (Å²) in [6.07, 6.45) is 8.11. The van der Waals surface area contributed by atoms with Crippen LogP contribution in [0, 0.1) is 11.8 Å². The van der Waals surface area contributed by atoms with Gasteiger partial charge < -0.3 is 21.1 Å². The number of benzene rings is 1. The summed E-state index contributed by atoms with van der Waals surface area (Å²) in [6.45, 7) is 2.50. The number of carbonyl (C=O) groups excluding carboxylic acids is 2. The summed E-state index contributed by atoms with van der Waals surface area (Å²) < 4.78 is 24.5. The van der Waals surface area contributed by atoms with E-state index in [0.717, 1.165) is 45.1 Å². The predicted molar refractivity (Wildman–Crippen MR) is 149 cm³/mol. The van der Waals surface area contributed by atoms with Gasteiger partial charge in [-0.2, -0.15) is 0 Å². The number of likely N-dealkylation sites (tertiary alicyclic amines) is 2. The number of carbonyl (C=O) groups is 3. The Kier molecular flexibility index (Phi) is 9.66. The van der Waals surface area contributed by atoms with Crippen molar-refractivity contribution in [2.75, 3.05) is 37.8 Å². The molecule has 1 aromatic rings. The van der Waals surface area contributed by atoms with Crippen LogP contribution in [0.4, 0.5) is 5.69 Å². The van der Waals surface area contributed by atoms with Crippen LogP contribution in [0.25, 0.3) is 0 Å². The van der Waals surface area contributed by atoms with E-state index in [9.17, 15) is 22.8 Å². The van der Waals surface area contributed by atoms with E-state index >= 15 is 0 Å². The fraction of sp³-hybridized carbons (Fsp3) is 0.679. The molecule has 2 amide bonds. The van der Waals surface area contributed by atoms with Crippen molar-refractivity contribution >= 4 is 33.3 Å². The molecule has 216 valence electrons. The molecule has 1 saturated carbocycles. The number of amides is 2. The van der Waals surface area contributed by atoms with Crippen molar-refractivity contribution in [1.29, 1.82) is 0 Å². The first-order valence-corrected chi connectivity index (χ1v) is 16.1. The number of nitrogens with two attached hydrogens (primary N) is 1. The van der Waals surface area contributed by atoms with E-state index in [-0.39, 0.29) is 34.6 Å². The van der Waals surface area contributed by atoms with Crippen molar-refractivity contribution in [3.8, 4) is 0 Å². The second kappa shape index (κ2) is 12.8. The number of hydrogen-bond donors (Lipinski definition) is 3. The van der Waals surface area contributed by atoms with E-state index in [2.05, 4.69) is 10.2 Å². The van der Waals surface area contributed by atoms with Crippen LogP contribution in [0.15, 0.2) is 24.3 Å². The maximum Gasteiger partial charge on any atom is 0.335 e. The zero-order valence-corrected chi connectivity index (χ0v) is 23.6. The molecule has 0 bridgehead atoms. The molecule has 0 radical (unpaired) electrons. The van der Waals surface area contributed by atoms with Gasteiger partial charge in [0.15, 0.2) is 0 Å². The van der Waals surface area contributed by atoms with Crippen molar-refractivity contribution in [3.63, 3.8) is 0 Å². The molecule has 1 aliphatic carbocycles. The van der Waals surface area contributed by atoms with Crippen molar-refractivity contribution in [2.24, 2.45) is 17.6 Å². The smallest absolute Gasteiger partial charge is 0.335 e. The summed E-state index contributed by atoms with van der Waals surface area (Å²) in [5, 5.41) is 11.7. The maximum atomic E-state index is 13.8. The van der Waals surface area contributed by atoms with Crippen molar-refractivity contribution < 1.29 is 27.9 Å². The molecule has 0 spiro atoms. The van der Waals surface area contributed by atoms with Crippen LogP contribution in [0.2, 0.25) is 0 Å². The van der Waals surface area contributed by atoms with Crippen molar-refractivity contribution in [2.45, 2.75) is 75.1 Å². The predicted octanol–water partition coefficient (Wildman–Crippen LogP) is 2.35. The number of nitrogens with one attached hydrogen (secondary N) is 1. The molecule has 10 nitrogen and oxygen atoms in total. The normalized spacial score (nSPS) is 28.9. The van der Waals surface area contributed by atoms with Gasteiger partial charge in [-0.15, -0.1) is 0 Å². The van der Waals surface area contributed by atoms with Crippen LogP contribution in [0.3, 0.4) is 0 Å². The van der Waals surface area contributed by atoms with Crippen LogP contribution in [0.1, 0.15) is 68.1 Å². The van der Waals surface area contributed by atoms with Gasteiger partial charge in [-0.3, -0.25) is 14.5 Å². The lowest BCUT2D eigenvalue weighted by Crippen LogP contribution is -2.47. The van der Waals surface area contributed by atoms with Crippen LogP contribution in [-0.4, -0.2) is 90.9 Å². The largest absolute Gasteiger partial charge is 0.478 e. The number of carboxylic acids is 1. The molecule has 3 aliphatic rings. The number of nitrogens with zero attached hydrogens (tertiary/aromatic N) is 2. The summed E-state index contributed by atoms with van der Waals surface area (Å²) in [7, 11) is -3.13. The third-order valence-electron chi connectivity index (χ3n) is 8.88. The first kappa shape index (κ1) is 29.5. The Balaban J connectivity index is 1.50. The molecule has 2 saturated heterocycles. The molecule has 2 aliphatic heterocycles. The molecule has 1 unspecified atom stereocenters. The molecule has 4 N–H and O–H groups in total. The van der Waals surface area contributed by atoms with E-state index in [4.69, 9.17) is 10.8 Å². The van der Waals surface area contributed by atoms with Crippen LogP contribution in [0.5, 0.6) is 0 Å². The minimum absolute atomic E-state index is 0.00963. The highest BCUT2D eigenvalue weighted by molar-refractivity contribution is 7.91. The van der Waals surface area contributed by atoms with Gasteiger partial charge >= 0.3 is 5.97 Å². The number of sulfone groups is 1. The number of rotatable bonds is 7. The van der Waals surface area contributed by atoms with Gasteiger partial charge in [0.1, 0.15) is 15.9 Å². The summed E-state index contributed by atoms with van der Waals surface area (Å²) in [5.74, 6) is -1.00. The van der Waals surface area contributed by atoms with Gasteiger partial charge in [0.05, 0.1) is 10.8 Å². The monoisotopic (exact) mass is 562 g/mol. The summed E-state index contributed by atoms with van der Waals surface area (Å²) in [6, 6.07) is 5.30. The van der Waals surface area contributed by atoms with E-state index in [0.29, 0.717) is 50.5 Å². The first-order valence-electron chi connectivity index (χ1n) is 14.1. The van der Waals surface area contributed by atoms with Gasteiger partial charge in [0.2, 0.25) is 11.8 Å². The van der Waals surface area contributed by atoms with Crippen LogP contribution < -0.4 is 11.1 Å². The zero-order chi connectivity index (χ0) is 28.2. The third-order valence-corrected chi connectivity index (χ3v) is 10.6. The number of hydrogen-bond acceptors (Lipinski definition) is 7. The Morgan fingerprint density at radius 3 is 2.31 bits per heavy atom. The molecule has 3 atom stereocenters. The molecule has 1 aromatic carbocycles. The molecule has 11 heteroatoms. The molecule has 3 fully saturated rings. The highest BCUT2D eigenvalue weighted by atomic mass is 32.2. The van der Waals surface area contributed by atoms with Crippen molar-refractivity contribution in [3.05, 3.63) is 29.8 Å². The highest BCUT2D eigenvalue weighted by Gasteiger charge is 2.44. The molecule has 0 aromatic heterocycles. The lowest BCUT2D eigenvalue weighted by atomic mass is 9.81. The second-order valence-corrected chi connectivity index (χ2v) is 13.8. The van der Waals surface area contributed by atoms with Gasteiger partial charge in [0, 0.05) is 30.4 Å². The highest BCUT2D eigenvalue weighted by Crippen LogP contribution is 2.33. The fourth-order valence-electron chi connectivity index (χ4n) is 6.42. The topological polar surface area (TPSA) is 150 Å². The van der Waals surface area contributed by atoms with Gasteiger partial charge in [0.25, 0.3) is 0 Å². The van der Waals surface area contributed by atoms with Crippen LogP contribution >= 0.6 is 0 Å². The first-order chi connectivity index (χ1) is 18.6. The van der Waals surface area contributed by atoms with E-state index in [1.54, 1.807) is 17.0 Å². The van der Waals surface area contributed by atoms with E-state index in [1.807, 2.05) is 0 Å². The minimum Gasteiger partial charge on any atom is -0.478 e. The Morgan fingerprint density at radius 1 is 1.00 bits per heavy atom. The fourth-order valence-corrected chi connectivity index (χ4v) is 7.55. The molecule has 4 rings (SSSR count). The van der Waals surface area contributed by atoms with E-state index < -0.39 is 21.8 Å². The van der Waals surface area contributed by atoms with Gasteiger partial charge in [-0.25, -0.2) is 13.2 Å². The average molecular weight is 563 g/mol. The summed E-state index contributed by atoms with van der Waals surface area (Å²) >= 11 is 0. The number of carboxylic acid groups (broad SMARTS) is 1. The molecular weight excluding hydrogens is 520 g/mol. The van der Waals surface area contributed by atoms with Gasteiger partial charge in [-0.1, -0.05) is 6.42 Å². The Bertz CT molecular complexity index is 1130. The quantitative estimate of drug-likeness (QED) is 0.458. The standard InChI is InChI=1S/C28H42N4O6S/c1-39(37,38)24-4-2-3-14-31(15-13-24)23-16-25(26(33)30-22-11-9-21(10-12-22)28(35)36)32(18-23)27(34)20-7-5-19(17-29)6-8-20/h9-12,19-20,23-25H,2-8,13-18,29H2,1H3,(H,30,33)(H,35,36)/t19?,20?,23?,24-,25-/m0/s1.